The Morgan fingerprint density at radius 1 is 1.32 bits per heavy atom. The van der Waals surface area contributed by atoms with E-state index in [1.165, 1.54) is 0 Å². The Morgan fingerprint density at radius 3 is 2.55 bits per heavy atom. The average molecular weight is 301 g/mol. The quantitative estimate of drug-likeness (QED) is 0.855. The summed E-state index contributed by atoms with van der Waals surface area (Å²) < 4.78 is 7.54. The normalized spacial score (nSPS) is 11.1. The second kappa shape index (κ2) is 7.22. The fourth-order valence-corrected chi connectivity index (χ4v) is 2.42. The molecule has 0 unspecified atom stereocenters. The van der Waals surface area contributed by atoms with Crippen molar-refractivity contribution in [2.45, 2.75) is 33.9 Å². The van der Waals surface area contributed by atoms with Crippen molar-refractivity contribution in [1.29, 1.82) is 0 Å². The first-order chi connectivity index (χ1) is 10.5. The summed E-state index contributed by atoms with van der Waals surface area (Å²) in [4.78, 5) is 16.3. The van der Waals surface area contributed by atoms with E-state index in [-0.39, 0.29) is 0 Å². The van der Waals surface area contributed by atoms with E-state index in [1.54, 1.807) is 0 Å². The first-order valence-electron chi connectivity index (χ1n) is 7.57. The number of benzene rings is 1. The molecule has 2 aromatic rings. The molecule has 0 aliphatic rings. The lowest BCUT2D eigenvalue weighted by Gasteiger charge is -2.15. The van der Waals surface area contributed by atoms with E-state index in [1.807, 2.05) is 37.3 Å². The number of hydrogen-bond acceptors (Lipinski definition) is 3. The number of carbonyl (C=O) groups is 1. The zero-order chi connectivity index (χ0) is 16.1. The Labute approximate surface area is 131 Å². The molecule has 22 heavy (non-hydrogen) atoms. The monoisotopic (exact) mass is 301 g/mol. The van der Waals surface area contributed by atoms with Crippen LogP contribution in [0.3, 0.4) is 0 Å². The maximum absolute atomic E-state index is 11.8. The van der Waals surface area contributed by atoms with Crippen LogP contribution in [-0.2, 0) is 17.9 Å². The molecule has 0 fully saturated rings. The molecular formula is C17H23N3O2. The van der Waals surface area contributed by atoms with Crippen molar-refractivity contribution in [3.05, 3.63) is 41.9 Å². The predicted molar refractivity (Wildman–Crippen MR) is 86.3 cm³/mol. The number of hydrogen-bond donors (Lipinski definition) is 1. The summed E-state index contributed by atoms with van der Waals surface area (Å²) in [5, 5.41) is 0. The molecule has 0 atom stereocenters. The largest absolute Gasteiger partial charge is 0.374 e. The number of nitrogens with two attached hydrogens (primary N) is 1. The van der Waals surface area contributed by atoms with Crippen LogP contribution in [0.2, 0.25) is 0 Å². The molecule has 0 saturated carbocycles. The van der Waals surface area contributed by atoms with Crippen LogP contribution in [0.1, 0.15) is 37.1 Å². The molecular weight excluding hydrogens is 278 g/mol. The fraction of sp³-hybridized carbons (Fsp3) is 0.412. The van der Waals surface area contributed by atoms with Gasteiger partial charge in [-0.15, -0.1) is 0 Å². The van der Waals surface area contributed by atoms with Crippen LogP contribution in [0.15, 0.2) is 30.3 Å². The van der Waals surface area contributed by atoms with Crippen LogP contribution in [0.5, 0.6) is 0 Å². The highest BCUT2D eigenvalue weighted by atomic mass is 16.5. The van der Waals surface area contributed by atoms with Gasteiger partial charge in [0.2, 0.25) is 0 Å². The topological polar surface area (TPSA) is 70.1 Å². The van der Waals surface area contributed by atoms with E-state index in [4.69, 9.17) is 10.5 Å². The van der Waals surface area contributed by atoms with Gasteiger partial charge in [0, 0.05) is 18.7 Å². The van der Waals surface area contributed by atoms with Crippen molar-refractivity contribution < 1.29 is 9.53 Å². The zero-order valence-corrected chi connectivity index (χ0v) is 13.4. The molecule has 2 N–H and O–H groups in total. The molecule has 0 saturated heterocycles. The minimum atomic E-state index is -0.515. The molecule has 0 bridgehead atoms. The number of amides is 1. The Bertz CT molecular complexity index is 633. The van der Waals surface area contributed by atoms with Crippen molar-refractivity contribution >= 4 is 5.91 Å². The molecule has 1 amide bonds. The highest BCUT2D eigenvalue weighted by Gasteiger charge is 2.22. The first-order valence-corrected chi connectivity index (χ1v) is 7.57. The standard InChI is InChI=1S/C17H23N3O2/c1-4-22-11-14-19-15(17(18)21)16(20(14)10-12(2)3)13-8-6-5-7-9-13/h5-9,12H,4,10-11H2,1-3H3,(H2,18,21). The van der Waals surface area contributed by atoms with E-state index in [0.717, 1.165) is 23.6 Å². The molecule has 0 aliphatic carbocycles. The first kappa shape index (κ1) is 16.2. The van der Waals surface area contributed by atoms with Gasteiger partial charge in [0.25, 0.3) is 5.91 Å². The smallest absolute Gasteiger partial charge is 0.269 e. The van der Waals surface area contributed by atoms with Crippen molar-refractivity contribution in [1.82, 2.24) is 9.55 Å². The molecule has 0 radical (unpaired) electrons. The van der Waals surface area contributed by atoms with Gasteiger partial charge in [-0.1, -0.05) is 44.2 Å². The third-order valence-electron chi connectivity index (χ3n) is 3.31. The second-order valence-electron chi connectivity index (χ2n) is 5.60. The number of primary amides is 1. The molecule has 118 valence electrons. The number of aromatic nitrogens is 2. The number of imidazole rings is 1. The molecule has 0 spiro atoms. The van der Waals surface area contributed by atoms with Crippen LogP contribution in [0.25, 0.3) is 11.3 Å². The van der Waals surface area contributed by atoms with Crippen LogP contribution >= 0.6 is 0 Å². The van der Waals surface area contributed by atoms with Gasteiger partial charge < -0.3 is 15.0 Å². The summed E-state index contributed by atoms with van der Waals surface area (Å²) in [6.07, 6.45) is 0. The van der Waals surface area contributed by atoms with Crippen LogP contribution in [-0.4, -0.2) is 22.1 Å². The average Bonchev–Trinajstić information content (AvgIpc) is 2.84. The number of ether oxygens (including phenoxy) is 1. The van der Waals surface area contributed by atoms with Gasteiger partial charge in [-0.3, -0.25) is 4.79 Å². The Balaban J connectivity index is 2.60. The number of rotatable bonds is 7. The molecule has 1 aromatic heterocycles. The minimum absolute atomic E-state index is 0.307. The lowest BCUT2D eigenvalue weighted by atomic mass is 10.1. The maximum Gasteiger partial charge on any atom is 0.269 e. The summed E-state index contributed by atoms with van der Waals surface area (Å²) in [6.45, 7) is 7.92. The van der Waals surface area contributed by atoms with Crippen molar-refractivity contribution in [3.8, 4) is 11.3 Å². The van der Waals surface area contributed by atoms with Gasteiger partial charge in [0.15, 0.2) is 5.69 Å². The summed E-state index contributed by atoms with van der Waals surface area (Å²) in [6, 6.07) is 9.75. The van der Waals surface area contributed by atoms with Gasteiger partial charge in [0.05, 0.1) is 5.69 Å². The Kier molecular flexibility index (Phi) is 5.33. The van der Waals surface area contributed by atoms with E-state index >= 15 is 0 Å². The third kappa shape index (κ3) is 3.54. The Hall–Kier alpha value is -2.14. The fourth-order valence-electron chi connectivity index (χ4n) is 2.42. The predicted octanol–water partition coefficient (Wildman–Crippen LogP) is 2.84. The molecule has 5 heteroatoms. The minimum Gasteiger partial charge on any atom is -0.374 e. The maximum atomic E-state index is 11.8. The van der Waals surface area contributed by atoms with E-state index in [0.29, 0.717) is 24.8 Å². The summed E-state index contributed by atoms with van der Waals surface area (Å²) in [7, 11) is 0. The SMILES string of the molecule is CCOCc1nc(C(N)=O)c(-c2ccccc2)n1CC(C)C. The number of nitrogens with zero attached hydrogens (tertiary/aromatic N) is 2. The highest BCUT2D eigenvalue weighted by molar-refractivity contribution is 5.97. The van der Waals surface area contributed by atoms with Crippen molar-refractivity contribution in [3.63, 3.8) is 0 Å². The van der Waals surface area contributed by atoms with E-state index in [2.05, 4.69) is 23.4 Å². The lowest BCUT2D eigenvalue weighted by molar-refractivity contribution is 0.0995. The van der Waals surface area contributed by atoms with Gasteiger partial charge >= 0.3 is 0 Å². The molecule has 0 aliphatic heterocycles. The number of carbonyl (C=O) groups excluding carboxylic acids is 1. The van der Waals surface area contributed by atoms with Crippen LogP contribution in [0.4, 0.5) is 0 Å². The third-order valence-corrected chi connectivity index (χ3v) is 3.31. The second-order valence-corrected chi connectivity index (χ2v) is 5.60. The highest BCUT2D eigenvalue weighted by Crippen LogP contribution is 2.26. The van der Waals surface area contributed by atoms with E-state index < -0.39 is 5.91 Å². The van der Waals surface area contributed by atoms with Crippen LogP contribution < -0.4 is 5.73 Å². The van der Waals surface area contributed by atoms with Gasteiger partial charge in [0.1, 0.15) is 12.4 Å². The molecule has 5 nitrogen and oxygen atoms in total. The van der Waals surface area contributed by atoms with Crippen molar-refractivity contribution in [2.75, 3.05) is 6.61 Å². The van der Waals surface area contributed by atoms with Gasteiger partial charge in [-0.2, -0.15) is 0 Å². The van der Waals surface area contributed by atoms with Gasteiger partial charge in [-0.05, 0) is 12.8 Å². The lowest BCUT2D eigenvalue weighted by Crippen LogP contribution is -2.14. The van der Waals surface area contributed by atoms with Crippen LogP contribution in [0, 0.1) is 5.92 Å². The molecule has 1 heterocycles. The van der Waals surface area contributed by atoms with Gasteiger partial charge in [-0.25, -0.2) is 4.98 Å². The molecule has 2 rings (SSSR count). The summed E-state index contributed by atoms with van der Waals surface area (Å²) >= 11 is 0. The molecule has 1 aromatic carbocycles. The summed E-state index contributed by atoms with van der Waals surface area (Å²) in [5.74, 6) is 0.639. The summed E-state index contributed by atoms with van der Waals surface area (Å²) in [5.41, 5.74) is 7.56. The zero-order valence-electron chi connectivity index (χ0n) is 13.4. The Morgan fingerprint density at radius 2 is 2.00 bits per heavy atom. The van der Waals surface area contributed by atoms with E-state index in [9.17, 15) is 4.79 Å². The van der Waals surface area contributed by atoms with Crippen molar-refractivity contribution in [2.24, 2.45) is 11.7 Å².